The molecule has 176 valence electrons. The van der Waals surface area contributed by atoms with Gasteiger partial charge in [-0.3, -0.25) is 9.59 Å². The van der Waals surface area contributed by atoms with Crippen LogP contribution >= 0.6 is 0 Å². The zero-order chi connectivity index (χ0) is 22.5. The van der Waals surface area contributed by atoms with Gasteiger partial charge in [-0.15, -0.1) is 0 Å². The molecule has 0 rings (SSSR count). The Kier molecular flexibility index (Phi) is 20.2. The molecular weight excluding hydrogens is 380 g/mol. The smallest absolute Gasteiger partial charge is 0.303 e. The van der Waals surface area contributed by atoms with Gasteiger partial charge in [-0.05, 0) is 39.0 Å². The third kappa shape index (κ3) is 17.6. The van der Waals surface area contributed by atoms with Crippen molar-refractivity contribution in [3.63, 3.8) is 0 Å². The van der Waals surface area contributed by atoms with Gasteiger partial charge in [0.05, 0.1) is 6.61 Å². The summed E-state index contributed by atoms with van der Waals surface area (Å²) >= 11 is 0. The molecule has 2 unspecified atom stereocenters. The minimum atomic E-state index is -1.03. The van der Waals surface area contributed by atoms with Crippen LogP contribution < -0.4 is 0 Å². The topological polar surface area (TPSA) is 72.8 Å². The summed E-state index contributed by atoms with van der Waals surface area (Å²) in [6, 6.07) is 0. The van der Waals surface area contributed by atoms with Crippen molar-refractivity contribution in [3.8, 4) is 0 Å². The van der Waals surface area contributed by atoms with E-state index in [1.165, 1.54) is 84.5 Å². The van der Waals surface area contributed by atoms with Crippen molar-refractivity contribution in [2.75, 3.05) is 13.2 Å². The summed E-state index contributed by atoms with van der Waals surface area (Å²) in [5.74, 6) is -0.861. The lowest BCUT2D eigenvalue weighted by atomic mass is 10.1. The second-order valence-corrected chi connectivity index (χ2v) is 8.17. The minimum absolute atomic E-state index is 0.315. The SMILES string of the molecule is CCCCCCCCC=CCCCCCCCCOC(CO)C(OC(C)=O)C(C)=O. The highest BCUT2D eigenvalue weighted by molar-refractivity contribution is 5.83. The Morgan fingerprint density at radius 1 is 0.800 bits per heavy atom. The van der Waals surface area contributed by atoms with Gasteiger partial charge in [0.25, 0.3) is 0 Å². The lowest BCUT2D eigenvalue weighted by Gasteiger charge is -2.23. The Morgan fingerprint density at radius 3 is 1.77 bits per heavy atom. The van der Waals surface area contributed by atoms with Crippen LogP contribution in [-0.2, 0) is 19.1 Å². The molecular formula is C25H46O5. The third-order valence-electron chi connectivity index (χ3n) is 5.20. The second-order valence-electron chi connectivity index (χ2n) is 8.17. The maximum absolute atomic E-state index is 11.6. The first-order valence-electron chi connectivity index (χ1n) is 12.1. The predicted octanol–water partition coefficient (Wildman–Crippen LogP) is 5.92. The summed E-state index contributed by atoms with van der Waals surface area (Å²) in [7, 11) is 0. The number of carbonyl (C=O) groups excluding carboxylic acids is 2. The van der Waals surface area contributed by atoms with E-state index in [9.17, 15) is 14.7 Å². The van der Waals surface area contributed by atoms with Crippen molar-refractivity contribution < 1.29 is 24.2 Å². The number of hydrogen-bond donors (Lipinski definition) is 1. The fourth-order valence-electron chi connectivity index (χ4n) is 3.42. The molecule has 0 aromatic heterocycles. The van der Waals surface area contributed by atoms with E-state index in [1.54, 1.807) is 0 Å². The van der Waals surface area contributed by atoms with Crippen molar-refractivity contribution >= 4 is 11.8 Å². The average molecular weight is 427 g/mol. The van der Waals surface area contributed by atoms with Gasteiger partial charge in [0.1, 0.15) is 6.10 Å². The number of Topliss-reactive ketones (excluding diaryl/α,β-unsaturated/α-hetero) is 1. The number of aliphatic hydroxyl groups is 1. The molecule has 0 spiro atoms. The van der Waals surface area contributed by atoms with Crippen LogP contribution in [0.3, 0.4) is 0 Å². The summed E-state index contributed by atoms with van der Waals surface area (Å²) in [6.45, 7) is 4.95. The van der Waals surface area contributed by atoms with Crippen molar-refractivity contribution in [1.29, 1.82) is 0 Å². The number of esters is 1. The first kappa shape index (κ1) is 28.8. The van der Waals surface area contributed by atoms with Crippen molar-refractivity contribution in [1.82, 2.24) is 0 Å². The number of rotatable bonds is 21. The standard InChI is InChI=1S/C25H46O5/c1-4-5-6-7-8-9-10-11-12-13-14-15-16-17-18-19-20-29-24(21-26)25(22(2)27)30-23(3)28/h11-12,24-26H,4-10,13-21H2,1-3H3. The Labute approximate surface area is 184 Å². The number of hydrogen-bond acceptors (Lipinski definition) is 5. The number of aliphatic hydroxyl groups excluding tert-OH is 1. The first-order chi connectivity index (χ1) is 14.5. The van der Waals surface area contributed by atoms with E-state index in [4.69, 9.17) is 9.47 Å². The van der Waals surface area contributed by atoms with E-state index in [1.807, 2.05) is 0 Å². The molecule has 0 fully saturated rings. The number of ether oxygens (including phenoxy) is 2. The predicted molar refractivity (Wildman–Crippen MR) is 123 cm³/mol. The van der Waals surface area contributed by atoms with Crippen LogP contribution in [0.25, 0.3) is 0 Å². The van der Waals surface area contributed by atoms with Crippen LogP contribution in [-0.4, -0.2) is 42.3 Å². The summed E-state index contributed by atoms with van der Waals surface area (Å²) in [4.78, 5) is 22.7. The molecule has 0 radical (unpaired) electrons. The van der Waals surface area contributed by atoms with Gasteiger partial charge in [0.2, 0.25) is 0 Å². The number of allylic oxidation sites excluding steroid dienone is 2. The van der Waals surface area contributed by atoms with Crippen LogP contribution in [0.1, 0.15) is 111 Å². The second kappa shape index (κ2) is 21.0. The molecule has 1 N–H and O–H groups in total. The zero-order valence-corrected chi connectivity index (χ0v) is 19.7. The molecule has 0 amide bonds. The Balaban J connectivity index is 3.57. The highest BCUT2D eigenvalue weighted by atomic mass is 16.6. The van der Waals surface area contributed by atoms with E-state index in [-0.39, 0.29) is 12.4 Å². The molecule has 0 aromatic carbocycles. The van der Waals surface area contributed by atoms with Gasteiger partial charge in [0, 0.05) is 13.5 Å². The minimum Gasteiger partial charge on any atom is -0.452 e. The summed E-state index contributed by atoms with van der Waals surface area (Å²) in [5, 5.41) is 9.42. The molecule has 2 atom stereocenters. The summed E-state index contributed by atoms with van der Waals surface area (Å²) in [6.07, 6.45) is 20.3. The van der Waals surface area contributed by atoms with E-state index in [2.05, 4.69) is 19.1 Å². The molecule has 0 aliphatic carbocycles. The summed E-state index contributed by atoms with van der Waals surface area (Å²) in [5.41, 5.74) is 0. The van der Waals surface area contributed by atoms with Crippen LogP contribution in [0.4, 0.5) is 0 Å². The van der Waals surface area contributed by atoms with Crippen LogP contribution in [0.15, 0.2) is 12.2 Å². The highest BCUT2D eigenvalue weighted by Crippen LogP contribution is 2.11. The molecule has 5 nitrogen and oxygen atoms in total. The number of ketones is 1. The largest absolute Gasteiger partial charge is 0.452 e. The van der Waals surface area contributed by atoms with E-state index >= 15 is 0 Å². The van der Waals surface area contributed by atoms with Gasteiger partial charge >= 0.3 is 5.97 Å². The zero-order valence-electron chi connectivity index (χ0n) is 19.7. The van der Waals surface area contributed by atoms with Gasteiger partial charge in [-0.2, -0.15) is 0 Å². The summed E-state index contributed by atoms with van der Waals surface area (Å²) < 4.78 is 10.5. The average Bonchev–Trinajstić information content (AvgIpc) is 2.71. The lowest BCUT2D eigenvalue weighted by Crippen LogP contribution is -2.41. The van der Waals surface area contributed by atoms with E-state index < -0.39 is 18.2 Å². The van der Waals surface area contributed by atoms with Crippen LogP contribution in [0, 0.1) is 0 Å². The monoisotopic (exact) mass is 426 g/mol. The molecule has 30 heavy (non-hydrogen) atoms. The molecule has 0 heterocycles. The number of unbranched alkanes of at least 4 members (excludes halogenated alkanes) is 12. The van der Waals surface area contributed by atoms with Crippen LogP contribution in [0.5, 0.6) is 0 Å². The molecule has 0 bridgehead atoms. The molecule has 0 saturated carbocycles. The Hall–Kier alpha value is -1.20. The Morgan fingerprint density at radius 2 is 1.30 bits per heavy atom. The fourth-order valence-corrected chi connectivity index (χ4v) is 3.42. The molecule has 0 saturated heterocycles. The van der Waals surface area contributed by atoms with Gasteiger partial charge in [-0.1, -0.05) is 76.9 Å². The number of carbonyl (C=O) groups is 2. The lowest BCUT2D eigenvalue weighted by molar-refractivity contribution is -0.164. The van der Waals surface area contributed by atoms with Gasteiger partial charge < -0.3 is 14.6 Å². The van der Waals surface area contributed by atoms with Crippen molar-refractivity contribution in [2.45, 2.75) is 123 Å². The molecule has 0 aromatic rings. The van der Waals surface area contributed by atoms with Crippen molar-refractivity contribution in [2.24, 2.45) is 0 Å². The third-order valence-corrected chi connectivity index (χ3v) is 5.20. The highest BCUT2D eigenvalue weighted by Gasteiger charge is 2.28. The van der Waals surface area contributed by atoms with E-state index in [0.29, 0.717) is 6.61 Å². The van der Waals surface area contributed by atoms with Gasteiger partial charge in [0.15, 0.2) is 11.9 Å². The molecule has 5 heteroatoms. The normalized spacial score (nSPS) is 13.5. The fraction of sp³-hybridized carbons (Fsp3) is 0.840. The maximum Gasteiger partial charge on any atom is 0.303 e. The van der Waals surface area contributed by atoms with Crippen molar-refractivity contribution in [3.05, 3.63) is 12.2 Å². The first-order valence-corrected chi connectivity index (χ1v) is 12.1. The van der Waals surface area contributed by atoms with Crippen LogP contribution in [0.2, 0.25) is 0 Å². The van der Waals surface area contributed by atoms with Gasteiger partial charge in [-0.25, -0.2) is 0 Å². The van der Waals surface area contributed by atoms with E-state index in [0.717, 1.165) is 19.3 Å². The molecule has 0 aliphatic heterocycles. The maximum atomic E-state index is 11.6. The Bertz CT molecular complexity index is 447. The quantitative estimate of drug-likeness (QED) is 0.140. The molecule has 0 aliphatic rings.